The van der Waals surface area contributed by atoms with Gasteiger partial charge in [0.1, 0.15) is 12.3 Å². The van der Waals surface area contributed by atoms with Crippen LogP contribution in [0.2, 0.25) is 0 Å². The fraction of sp³-hybridized carbons (Fsp3) is 0.357. The van der Waals surface area contributed by atoms with E-state index in [4.69, 9.17) is 9.47 Å². The van der Waals surface area contributed by atoms with Crippen LogP contribution in [-0.4, -0.2) is 43.7 Å². The Kier molecular flexibility index (Phi) is 5.14. The first-order valence-corrected chi connectivity index (χ1v) is 6.46. The molecule has 1 saturated heterocycles. The maximum atomic E-state index is 11.5. The summed E-state index contributed by atoms with van der Waals surface area (Å²) >= 11 is 0. The predicted octanol–water partition coefficient (Wildman–Crippen LogP) is 0.0403. The first kappa shape index (κ1) is 14.8. The van der Waals surface area contributed by atoms with Gasteiger partial charge in [0.2, 0.25) is 6.10 Å². The third-order valence-corrected chi connectivity index (χ3v) is 2.70. The van der Waals surface area contributed by atoms with Crippen LogP contribution in [0.1, 0.15) is 6.42 Å². The smallest absolute Gasteiger partial charge is 0.347 e. The minimum atomic E-state index is -0.866. The van der Waals surface area contributed by atoms with Gasteiger partial charge in [-0.05, 0) is 12.1 Å². The zero-order chi connectivity index (χ0) is 15.1. The van der Waals surface area contributed by atoms with Gasteiger partial charge in [-0.2, -0.15) is 0 Å². The molecule has 7 heteroatoms. The first-order chi connectivity index (χ1) is 10.1. The molecule has 0 aromatic heterocycles. The quantitative estimate of drug-likeness (QED) is 0.745. The van der Waals surface area contributed by atoms with Crippen molar-refractivity contribution in [3.63, 3.8) is 0 Å². The van der Waals surface area contributed by atoms with Crippen molar-refractivity contribution in [3.8, 4) is 5.75 Å². The van der Waals surface area contributed by atoms with Crippen molar-refractivity contribution in [2.75, 3.05) is 19.8 Å². The first-order valence-electron chi connectivity index (χ1n) is 6.46. The van der Waals surface area contributed by atoms with Gasteiger partial charge in [-0.3, -0.25) is 9.59 Å². The number of hydrogen-bond donors (Lipinski definition) is 1. The van der Waals surface area contributed by atoms with Crippen molar-refractivity contribution in [3.05, 3.63) is 30.3 Å². The van der Waals surface area contributed by atoms with E-state index in [1.165, 1.54) is 0 Å². The average Bonchev–Trinajstić information content (AvgIpc) is 2.89. The zero-order valence-electron chi connectivity index (χ0n) is 11.2. The van der Waals surface area contributed by atoms with E-state index in [1.807, 2.05) is 6.07 Å². The van der Waals surface area contributed by atoms with Crippen molar-refractivity contribution in [2.45, 2.75) is 12.5 Å². The summed E-state index contributed by atoms with van der Waals surface area (Å²) in [5.41, 5.74) is 0. The summed E-state index contributed by atoms with van der Waals surface area (Å²) < 4.78 is 14.7. The van der Waals surface area contributed by atoms with Crippen molar-refractivity contribution in [2.24, 2.45) is 0 Å². The molecule has 2 rings (SSSR count). The number of nitrogens with one attached hydrogen (secondary N) is 1. The lowest BCUT2D eigenvalue weighted by Gasteiger charge is -2.09. The van der Waals surface area contributed by atoms with Gasteiger partial charge >= 0.3 is 11.9 Å². The number of hydrogen-bond acceptors (Lipinski definition) is 6. The van der Waals surface area contributed by atoms with Gasteiger partial charge in [-0.15, -0.1) is 0 Å². The number of amides is 1. The second-order valence-corrected chi connectivity index (χ2v) is 4.31. The molecule has 0 aliphatic carbocycles. The molecule has 1 N–H and O–H groups in total. The largest absolute Gasteiger partial charge is 0.484 e. The highest BCUT2D eigenvalue weighted by Crippen LogP contribution is 2.10. The van der Waals surface area contributed by atoms with E-state index in [-0.39, 0.29) is 19.8 Å². The molecule has 1 aromatic carbocycles. The molecule has 1 aromatic rings. The molecule has 1 fully saturated rings. The van der Waals surface area contributed by atoms with Crippen molar-refractivity contribution in [1.29, 1.82) is 0 Å². The average molecular weight is 293 g/mol. The molecule has 1 amide bonds. The lowest BCUT2D eigenvalue weighted by molar-refractivity contribution is -0.159. The number of ether oxygens (including phenoxy) is 3. The maximum Gasteiger partial charge on any atom is 0.347 e. The van der Waals surface area contributed by atoms with E-state index >= 15 is 0 Å². The Labute approximate surface area is 121 Å². The Hall–Kier alpha value is -2.57. The van der Waals surface area contributed by atoms with Gasteiger partial charge in [0.25, 0.3) is 5.91 Å². The molecule has 1 heterocycles. The van der Waals surface area contributed by atoms with Crippen LogP contribution in [0.5, 0.6) is 5.75 Å². The van der Waals surface area contributed by atoms with E-state index in [0.29, 0.717) is 12.2 Å². The summed E-state index contributed by atoms with van der Waals surface area (Å²) in [5.74, 6) is -1.14. The van der Waals surface area contributed by atoms with Crippen molar-refractivity contribution in [1.82, 2.24) is 5.32 Å². The fourth-order valence-corrected chi connectivity index (χ4v) is 1.67. The summed E-state index contributed by atoms with van der Waals surface area (Å²) in [6.07, 6.45) is -0.523. The highest BCUT2D eigenvalue weighted by molar-refractivity contribution is 5.85. The second kappa shape index (κ2) is 7.28. The molecule has 0 spiro atoms. The molecule has 21 heavy (non-hydrogen) atoms. The SMILES string of the molecule is O=C(COc1ccccc1)NCC(=O)O[C@@H]1CCOC1=O. The van der Waals surface area contributed by atoms with Crippen LogP contribution in [0.3, 0.4) is 0 Å². The van der Waals surface area contributed by atoms with Crippen LogP contribution >= 0.6 is 0 Å². The third kappa shape index (κ3) is 4.79. The van der Waals surface area contributed by atoms with Crippen LogP contribution in [0.25, 0.3) is 0 Å². The summed E-state index contributed by atoms with van der Waals surface area (Å²) in [5, 5.41) is 2.35. The molecule has 0 bridgehead atoms. The molecule has 1 atom stereocenters. The van der Waals surface area contributed by atoms with Gasteiger partial charge in [0.15, 0.2) is 6.61 Å². The second-order valence-electron chi connectivity index (χ2n) is 4.31. The summed E-state index contributed by atoms with van der Waals surface area (Å²) in [6.45, 7) is -0.280. The van der Waals surface area contributed by atoms with Gasteiger partial charge < -0.3 is 19.5 Å². The van der Waals surface area contributed by atoms with Gasteiger partial charge in [-0.25, -0.2) is 4.79 Å². The lowest BCUT2D eigenvalue weighted by atomic mass is 10.3. The van der Waals surface area contributed by atoms with Crippen molar-refractivity contribution < 1.29 is 28.6 Å². The standard InChI is InChI=1S/C14H15NO6/c16-12(9-20-10-4-2-1-3-5-10)15-8-13(17)21-11-6-7-19-14(11)18/h1-5,11H,6-9H2,(H,15,16)/t11-/m1/s1. The number of cyclic esters (lactones) is 1. The van der Waals surface area contributed by atoms with E-state index < -0.39 is 23.9 Å². The normalized spacial score (nSPS) is 17.0. The van der Waals surface area contributed by atoms with Gasteiger partial charge in [0, 0.05) is 6.42 Å². The van der Waals surface area contributed by atoms with Crippen LogP contribution in [0.15, 0.2) is 30.3 Å². The lowest BCUT2D eigenvalue weighted by Crippen LogP contribution is -2.36. The fourth-order valence-electron chi connectivity index (χ4n) is 1.67. The van der Waals surface area contributed by atoms with E-state index in [9.17, 15) is 14.4 Å². The molecule has 112 valence electrons. The summed E-state index contributed by atoms with van der Waals surface area (Å²) in [4.78, 5) is 34.0. The van der Waals surface area contributed by atoms with E-state index in [1.54, 1.807) is 24.3 Å². The van der Waals surface area contributed by atoms with Crippen LogP contribution in [0.4, 0.5) is 0 Å². The van der Waals surface area contributed by atoms with E-state index in [2.05, 4.69) is 10.1 Å². The Morgan fingerprint density at radius 2 is 2.05 bits per heavy atom. The summed E-state index contributed by atoms with van der Waals surface area (Å²) in [7, 11) is 0. The Bertz CT molecular complexity index is 515. The number of rotatable bonds is 6. The van der Waals surface area contributed by atoms with E-state index in [0.717, 1.165) is 0 Å². The van der Waals surface area contributed by atoms with Crippen molar-refractivity contribution >= 4 is 17.8 Å². The molecule has 0 radical (unpaired) electrons. The minimum absolute atomic E-state index is 0.206. The Balaban J connectivity index is 1.64. The molecule has 7 nitrogen and oxygen atoms in total. The number of carbonyl (C=O) groups is 3. The monoisotopic (exact) mass is 293 g/mol. The molecule has 1 aliphatic rings. The van der Waals surface area contributed by atoms with Crippen LogP contribution in [-0.2, 0) is 23.9 Å². The molecular weight excluding hydrogens is 278 g/mol. The maximum absolute atomic E-state index is 11.5. The highest BCUT2D eigenvalue weighted by Gasteiger charge is 2.30. The minimum Gasteiger partial charge on any atom is -0.484 e. The number of esters is 2. The molecular formula is C14H15NO6. The molecule has 0 unspecified atom stereocenters. The van der Waals surface area contributed by atoms with Gasteiger partial charge in [-0.1, -0.05) is 18.2 Å². The highest BCUT2D eigenvalue weighted by atomic mass is 16.6. The van der Waals surface area contributed by atoms with Crippen LogP contribution < -0.4 is 10.1 Å². The zero-order valence-corrected chi connectivity index (χ0v) is 11.2. The topological polar surface area (TPSA) is 90.9 Å². The number of benzene rings is 1. The third-order valence-electron chi connectivity index (χ3n) is 2.70. The van der Waals surface area contributed by atoms with Crippen LogP contribution in [0, 0.1) is 0 Å². The summed E-state index contributed by atoms with van der Waals surface area (Å²) in [6, 6.07) is 8.83. The predicted molar refractivity (Wildman–Crippen MR) is 70.4 cm³/mol. The number of carbonyl (C=O) groups excluding carboxylic acids is 3. The molecule has 1 aliphatic heterocycles. The Morgan fingerprint density at radius 3 is 2.71 bits per heavy atom. The van der Waals surface area contributed by atoms with Gasteiger partial charge in [0.05, 0.1) is 6.61 Å². The number of para-hydroxylation sites is 1. The Morgan fingerprint density at radius 1 is 1.29 bits per heavy atom. The molecule has 0 saturated carbocycles.